The normalized spacial score (nSPS) is 18.1. The van der Waals surface area contributed by atoms with E-state index in [9.17, 15) is 4.79 Å². The molecule has 0 radical (unpaired) electrons. The van der Waals surface area contributed by atoms with Crippen molar-refractivity contribution in [2.24, 2.45) is 0 Å². The zero-order valence-corrected chi connectivity index (χ0v) is 14.7. The van der Waals surface area contributed by atoms with Crippen molar-refractivity contribution in [1.82, 2.24) is 5.32 Å². The van der Waals surface area contributed by atoms with E-state index in [2.05, 4.69) is 28.8 Å². The Morgan fingerprint density at radius 2 is 2.04 bits per heavy atom. The average molecular weight is 335 g/mol. The summed E-state index contributed by atoms with van der Waals surface area (Å²) in [5, 5.41) is 6.78. The number of nitrogens with two attached hydrogens (primary N) is 1. The van der Waals surface area contributed by atoms with Crippen molar-refractivity contribution >= 4 is 17.7 Å². The highest BCUT2D eigenvalue weighted by atomic mass is 16.1. The first-order valence-electron chi connectivity index (χ1n) is 9.08. The first-order valence-corrected chi connectivity index (χ1v) is 9.08. The molecule has 1 aliphatic carbocycles. The fourth-order valence-corrected chi connectivity index (χ4v) is 4.21. The third-order valence-corrected chi connectivity index (χ3v) is 5.82. The fraction of sp³-hybridized carbons (Fsp3) is 0.381. The van der Waals surface area contributed by atoms with Crippen LogP contribution in [0.25, 0.3) is 11.1 Å². The Balaban J connectivity index is 1.87. The molecule has 0 spiro atoms. The number of rotatable bonds is 4. The van der Waals surface area contributed by atoms with Crippen LogP contribution in [0, 0.1) is 0 Å². The Bertz CT molecular complexity index is 824. The lowest BCUT2D eigenvalue weighted by atomic mass is 9.64. The summed E-state index contributed by atoms with van der Waals surface area (Å²) in [5.74, 6) is 0. The van der Waals surface area contributed by atoms with Gasteiger partial charge in [-0.3, -0.25) is 0 Å². The van der Waals surface area contributed by atoms with E-state index in [4.69, 9.17) is 5.73 Å². The minimum absolute atomic E-state index is 0.377. The molecule has 4 rings (SSSR count). The summed E-state index contributed by atoms with van der Waals surface area (Å²) in [6.45, 7) is 1.95. The molecule has 1 fully saturated rings. The Hall–Kier alpha value is -2.33. The standard InChI is InChI=1S/C21H25N3O/c1-23-20-18(15-4-3-14-5-8-24-12-16(14)9-15)10-17(22)11-19(20)21(13-25)6-2-7-21/h3-4,9-11,13,23-24H,2,5-8,12,22H2,1H3. The maximum absolute atomic E-state index is 11.9. The highest BCUT2D eigenvalue weighted by Gasteiger charge is 2.40. The van der Waals surface area contributed by atoms with Crippen LogP contribution >= 0.6 is 0 Å². The van der Waals surface area contributed by atoms with Gasteiger partial charge in [0.1, 0.15) is 6.29 Å². The molecule has 0 bridgehead atoms. The summed E-state index contributed by atoms with van der Waals surface area (Å²) in [7, 11) is 1.93. The molecule has 130 valence electrons. The number of hydrogen-bond acceptors (Lipinski definition) is 4. The summed E-state index contributed by atoms with van der Waals surface area (Å²) >= 11 is 0. The number of anilines is 2. The lowest BCUT2D eigenvalue weighted by molar-refractivity contribution is -0.115. The van der Waals surface area contributed by atoms with E-state index in [1.807, 2.05) is 19.2 Å². The maximum atomic E-state index is 11.9. The number of fused-ring (bicyclic) bond motifs is 1. The molecule has 0 amide bonds. The topological polar surface area (TPSA) is 67.2 Å². The fourth-order valence-electron chi connectivity index (χ4n) is 4.21. The van der Waals surface area contributed by atoms with Crippen LogP contribution in [0.5, 0.6) is 0 Å². The molecule has 4 N–H and O–H groups in total. The summed E-state index contributed by atoms with van der Waals surface area (Å²) in [6.07, 6.45) is 5.10. The van der Waals surface area contributed by atoms with Crippen LogP contribution in [0.3, 0.4) is 0 Å². The lowest BCUT2D eigenvalue weighted by Gasteiger charge is -2.39. The van der Waals surface area contributed by atoms with Gasteiger partial charge in [0.15, 0.2) is 0 Å². The van der Waals surface area contributed by atoms with Gasteiger partial charge in [-0.05, 0) is 66.3 Å². The van der Waals surface area contributed by atoms with Gasteiger partial charge in [0, 0.05) is 30.5 Å². The largest absolute Gasteiger partial charge is 0.399 e. The first-order chi connectivity index (χ1) is 12.2. The second kappa shape index (κ2) is 6.19. The van der Waals surface area contributed by atoms with E-state index in [-0.39, 0.29) is 5.41 Å². The highest BCUT2D eigenvalue weighted by molar-refractivity contribution is 5.88. The van der Waals surface area contributed by atoms with Crippen molar-refractivity contribution < 1.29 is 4.79 Å². The van der Waals surface area contributed by atoms with Gasteiger partial charge in [0.25, 0.3) is 0 Å². The molecule has 4 nitrogen and oxygen atoms in total. The van der Waals surface area contributed by atoms with Gasteiger partial charge in [-0.1, -0.05) is 18.6 Å². The zero-order valence-electron chi connectivity index (χ0n) is 14.7. The maximum Gasteiger partial charge on any atom is 0.130 e. The second-order valence-electron chi connectivity index (χ2n) is 7.28. The molecule has 0 unspecified atom stereocenters. The predicted octanol–water partition coefficient (Wildman–Crippen LogP) is 3.24. The smallest absolute Gasteiger partial charge is 0.130 e. The van der Waals surface area contributed by atoms with Gasteiger partial charge in [-0.15, -0.1) is 0 Å². The number of aldehydes is 1. The van der Waals surface area contributed by atoms with Gasteiger partial charge >= 0.3 is 0 Å². The van der Waals surface area contributed by atoms with Crippen molar-refractivity contribution in [3.05, 3.63) is 47.0 Å². The molecule has 2 aromatic rings. The average Bonchev–Trinajstić information content (AvgIpc) is 2.60. The van der Waals surface area contributed by atoms with Gasteiger partial charge in [-0.2, -0.15) is 0 Å². The van der Waals surface area contributed by atoms with E-state index in [0.717, 1.165) is 67.4 Å². The van der Waals surface area contributed by atoms with Crippen molar-refractivity contribution in [2.75, 3.05) is 24.6 Å². The van der Waals surface area contributed by atoms with Crippen LogP contribution in [0.2, 0.25) is 0 Å². The summed E-state index contributed by atoms with van der Waals surface area (Å²) in [6, 6.07) is 10.7. The van der Waals surface area contributed by atoms with E-state index >= 15 is 0 Å². The van der Waals surface area contributed by atoms with E-state index in [1.165, 1.54) is 11.1 Å². The monoisotopic (exact) mass is 335 g/mol. The Kier molecular flexibility index (Phi) is 4.00. The van der Waals surface area contributed by atoms with E-state index < -0.39 is 0 Å². The van der Waals surface area contributed by atoms with Crippen molar-refractivity contribution in [1.29, 1.82) is 0 Å². The van der Waals surface area contributed by atoms with Crippen LogP contribution in [0.4, 0.5) is 11.4 Å². The number of carbonyl (C=O) groups is 1. The van der Waals surface area contributed by atoms with Crippen molar-refractivity contribution in [3.63, 3.8) is 0 Å². The van der Waals surface area contributed by atoms with Gasteiger partial charge < -0.3 is 21.2 Å². The molecular formula is C21H25N3O. The van der Waals surface area contributed by atoms with Gasteiger partial charge in [-0.25, -0.2) is 0 Å². The van der Waals surface area contributed by atoms with Crippen LogP contribution in [-0.4, -0.2) is 19.9 Å². The third-order valence-electron chi connectivity index (χ3n) is 5.82. The zero-order chi connectivity index (χ0) is 17.4. The van der Waals surface area contributed by atoms with Crippen LogP contribution in [-0.2, 0) is 23.2 Å². The van der Waals surface area contributed by atoms with Crippen molar-refractivity contribution in [2.45, 2.75) is 37.6 Å². The summed E-state index contributed by atoms with van der Waals surface area (Å²) in [5.41, 5.74) is 13.7. The minimum atomic E-state index is -0.377. The molecule has 2 aliphatic rings. The Morgan fingerprint density at radius 3 is 2.72 bits per heavy atom. The van der Waals surface area contributed by atoms with Crippen molar-refractivity contribution in [3.8, 4) is 11.1 Å². The van der Waals surface area contributed by atoms with Gasteiger partial charge in [0.2, 0.25) is 0 Å². The molecule has 0 aromatic heterocycles. The second-order valence-corrected chi connectivity index (χ2v) is 7.28. The molecule has 4 heteroatoms. The van der Waals surface area contributed by atoms with Crippen LogP contribution in [0.15, 0.2) is 30.3 Å². The molecule has 0 atom stereocenters. The summed E-state index contributed by atoms with van der Waals surface area (Å²) in [4.78, 5) is 11.9. The number of nitrogens with one attached hydrogen (secondary N) is 2. The molecule has 1 aliphatic heterocycles. The first kappa shape index (κ1) is 16.2. The van der Waals surface area contributed by atoms with Crippen LogP contribution in [0.1, 0.15) is 36.0 Å². The molecule has 1 heterocycles. The number of carbonyl (C=O) groups excluding carboxylic acids is 1. The highest BCUT2D eigenvalue weighted by Crippen LogP contribution is 2.48. The van der Waals surface area contributed by atoms with Crippen LogP contribution < -0.4 is 16.4 Å². The SMILES string of the molecule is CNc1c(-c2ccc3c(c2)CNCC3)cc(N)cc1C1(C=O)CCC1. The lowest BCUT2D eigenvalue weighted by Crippen LogP contribution is -2.36. The molecule has 0 saturated heterocycles. The Labute approximate surface area is 148 Å². The third kappa shape index (κ3) is 2.61. The minimum Gasteiger partial charge on any atom is -0.399 e. The Morgan fingerprint density at radius 1 is 1.20 bits per heavy atom. The quantitative estimate of drug-likeness (QED) is 0.593. The molecule has 2 aromatic carbocycles. The number of hydrogen-bond donors (Lipinski definition) is 3. The summed E-state index contributed by atoms with van der Waals surface area (Å²) < 4.78 is 0. The number of nitrogen functional groups attached to an aromatic ring is 1. The number of benzene rings is 2. The predicted molar refractivity (Wildman–Crippen MR) is 103 cm³/mol. The molecular weight excluding hydrogens is 310 g/mol. The van der Waals surface area contributed by atoms with Gasteiger partial charge in [0.05, 0.1) is 5.41 Å². The van der Waals surface area contributed by atoms with E-state index in [0.29, 0.717) is 5.69 Å². The molecule has 1 saturated carbocycles. The van der Waals surface area contributed by atoms with E-state index in [1.54, 1.807) is 0 Å². The molecule has 25 heavy (non-hydrogen) atoms.